The van der Waals surface area contributed by atoms with Crippen molar-refractivity contribution in [1.29, 1.82) is 0 Å². The average molecular weight is 1490 g/mol. The molecule has 1 aliphatic heterocycles. The molecule has 3 aliphatic rings. The molecule has 19 aromatic rings. The first-order valence-electron chi connectivity index (χ1n) is 40.4. The van der Waals surface area contributed by atoms with Crippen molar-refractivity contribution in [3.63, 3.8) is 0 Å². The van der Waals surface area contributed by atoms with Crippen LogP contribution in [-0.2, 0) is 5.41 Å². The molecule has 5 heteroatoms. The summed E-state index contributed by atoms with van der Waals surface area (Å²) >= 11 is 0. The number of nitrogens with zero attached hydrogens (tertiary/aromatic N) is 4. The highest BCUT2D eigenvalue weighted by molar-refractivity contribution is 6.02. The number of allylic oxidation sites excluding steroid dienone is 2. The molecule has 0 saturated carbocycles. The smallest absolute Gasteiger partial charge is 0.234 e. The Balaban J connectivity index is 0.714. The largest absolute Gasteiger partial charge is 0.457 e. The molecule has 1 unspecified atom stereocenters. The molecule has 0 saturated heterocycles. The van der Waals surface area contributed by atoms with E-state index in [1.54, 1.807) is 0 Å². The van der Waals surface area contributed by atoms with E-state index < -0.39 is 0 Å². The predicted molar refractivity (Wildman–Crippen MR) is 487 cm³/mol. The Bertz CT molecular complexity index is 6680. The maximum Gasteiger partial charge on any atom is 0.234 e. The Morgan fingerprint density at radius 1 is 0.274 bits per heavy atom. The summed E-state index contributed by atoms with van der Waals surface area (Å²) in [6.07, 6.45) is 2.99. The Morgan fingerprint density at radius 3 is 0.957 bits per heavy atom. The number of ether oxygens (including phenoxy) is 1. The molecule has 2 heterocycles. The van der Waals surface area contributed by atoms with E-state index in [0.717, 1.165) is 117 Å². The van der Waals surface area contributed by atoms with Crippen LogP contribution in [0.4, 0.5) is 11.6 Å². The molecule has 550 valence electrons. The first kappa shape index (κ1) is 68.9. The van der Waals surface area contributed by atoms with Crippen molar-refractivity contribution < 1.29 is 4.74 Å². The topological polar surface area (TPSA) is 51.1 Å². The lowest BCUT2D eigenvalue weighted by atomic mass is 9.77. The Kier molecular flexibility index (Phi) is 16.7. The van der Waals surface area contributed by atoms with Crippen molar-refractivity contribution in [2.24, 2.45) is 0 Å². The molecule has 1 atom stereocenters. The van der Waals surface area contributed by atoms with Crippen LogP contribution in [0.1, 0.15) is 31.4 Å². The molecule has 0 bridgehead atoms. The van der Waals surface area contributed by atoms with E-state index in [4.69, 9.17) is 19.7 Å². The van der Waals surface area contributed by atoms with E-state index in [1.165, 1.54) is 87.6 Å². The molecule has 1 aromatic heterocycles. The van der Waals surface area contributed by atoms with E-state index >= 15 is 0 Å². The second-order valence-corrected chi connectivity index (χ2v) is 31.7. The second-order valence-electron chi connectivity index (χ2n) is 31.7. The van der Waals surface area contributed by atoms with Gasteiger partial charge in [0.1, 0.15) is 5.76 Å². The van der Waals surface area contributed by atoms with Crippen molar-refractivity contribution in [1.82, 2.24) is 15.0 Å². The monoisotopic (exact) mass is 1490 g/mol. The van der Waals surface area contributed by atoms with Crippen LogP contribution in [0.25, 0.3) is 183 Å². The molecule has 0 spiro atoms. The van der Waals surface area contributed by atoms with Gasteiger partial charge in [0, 0.05) is 16.5 Å². The third kappa shape index (κ3) is 12.4. The number of benzene rings is 18. The van der Waals surface area contributed by atoms with Crippen LogP contribution in [0.2, 0.25) is 0 Å². The van der Waals surface area contributed by atoms with Crippen molar-refractivity contribution >= 4 is 60.3 Å². The number of anilines is 2. The highest BCUT2D eigenvalue weighted by Crippen LogP contribution is 2.55. The van der Waals surface area contributed by atoms with Crippen molar-refractivity contribution in [2.75, 3.05) is 4.90 Å². The van der Waals surface area contributed by atoms with Crippen LogP contribution in [0.15, 0.2) is 418 Å². The van der Waals surface area contributed by atoms with Crippen molar-refractivity contribution in [3.8, 4) is 140 Å². The summed E-state index contributed by atoms with van der Waals surface area (Å²) in [5.74, 6) is 3.21. The first-order chi connectivity index (χ1) is 57.7. The van der Waals surface area contributed by atoms with Gasteiger partial charge in [-0.15, -0.1) is 0 Å². The van der Waals surface area contributed by atoms with Gasteiger partial charge in [0.2, 0.25) is 5.95 Å². The van der Waals surface area contributed by atoms with Gasteiger partial charge in [-0.1, -0.05) is 329 Å². The molecule has 117 heavy (non-hydrogen) atoms. The zero-order valence-corrected chi connectivity index (χ0v) is 64.7. The first-order valence-corrected chi connectivity index (χ1v) is 40.4. The summed E-state index contributed by atoms with van der Waals surface area (Å²) in [6, 6.07) is 146. The zero-order valence-electron chi connectivity index (χ0n) is 64.7. The zero-order chi connectivity index (χ0) is 77.7. The number of fused-ring (bicyclic) bond motifs is 8. The minimum absolute atomic E-state index is 0.237. The minimum Gasteiger partial charge on any atom is -0.457 e. The van der Waals surface area contributed by atoms with Gasteiger partial charge in [-0.05, 0) is 274 Å². The van der Waals surface area contributed by atoms with Crippen LogP contribution in [0, 0.1) is 0 Å². The molecule has 0 N–H and O–H groups in total. The van der Waals surface area contributed by atoms with Gasteiger partial charge in [-0.2, -0.15) is 9.97 Å². The molecule has 2 aliphatic carbocycles. The average Bonchev–Trinajstić information content (AvgIpc) is 1.58. The summed E-state index contributed by atoms with van der Waals surface area (Å²) in [7, 11) is 0. The molecular formula is C112H76N4O. The maximum absolute atomic E-state index is 7.10. The second kappa shape index (κ2) is 28.3. The Hall–Kier alpha value is -14.9. The molecule has 0 amide bonds. The standard InChI is InChI=1S/C112H76N4O/c1-112(2)103-54-12-11-49-101(103)102-69-108-106(70-104(102)112)116(105-55-13-14-56-107(105)117-108)111-114-109(85-43-19-37-79(61-85)91-65-87(75-33-15-39-81(57-75)97-50-21-29-71-25-3-7-45-93(71)97)63-88(66-91)76-34-16-40-82(58-76)98-51-22-30-72-26-4-8-46-94(72)98)113-110(115-111)86-44-20-38-80(62-86)92-67-89(77-35-17-41-83(59-77)99-52-23-31-73-27-5-9-47-95(73)99)64-90(68-92)78-36-18-42-84(60-78)100-53-24-32-74-28-6-10-48-96(74)100/h3-69,106H,70H2,1-2H3. The molecule has 18 aromatic carbocycles. The summed E-state index contributed by atoms with van der Waals surface area (Å²) in [6.45, 7) is 4.73. The van der Waals surface area contributed by atoms with Crippen molar-refractivity contribution in [2.45, 2.75) is 31.7 Å². The number of hydrogen-bond acceptors (Lipinski definition) is 5. The lowest BCUT2D eigenvalue weighted by molar-refractivity contribution is 0.352. The molecule has 0 radical (unpaired) electrons. The normalized spacial score (nSPS) is 13.9. The fourth-order valence-electron chi connectivity index (χ4n) is 18.6. The van der Waals surface area contributed by atoms with Crippen LogP contribution in [0.3, 0.4) is 0 Å². The van der Waals surface area contributed by atoms with Crippen molar-refractivity contribution in [3.05, 3.63) is 429 Å². The number of para-hydroxylation sites is 2. The Labute approximate surface area is 680 Å². The van der Waals surface area contributed by atoms with E-state index in [1.807, 2.05) is 0 Å². The quantitative estimate of drug-likeness (QED) is 0.115. The van der Waals surface area contributed by atoms with Crippen LogP contribution >= 0.6 is 0 Å². The predicted octanol–water partition coefficient (Wildman–Crippen LogP) is 29.4. The third-order valence-corrected chi connectivity index (χ3v) is 24.4. The van der Waals surface area contributed by atoms with Gasteiger partial charge in [0.05, 0.1) is 11.7 Å². The SMILES string of the molecule is CC1(C)C2=C(C=C3Oc4ccccc4N(c4nc(-c5cccc(-c6cc(-c7cccc(-c8cccc9ccccc89)c7)cc(-c7cccc(-c8cccc9ccccc89)c7)c6)c5)nc(-c5cccc(-c6cc(-c7cccc(-c8cccc9ccccc89)c7)cc(-c7cccc(-c8cccc9ccccc89)c7)c6)c5)n4)C3C2)c2ccccc21. The summed E-state index contributed by atoms with van der Waals surface area (Å²) < 4.78 is 7.10. The van der Waals surface area contributed by atoms with E-state index in [-0.39, 0.29) is 11.5 Å². The van der Waals surface area contributed by atoms with Gasteiger partial charge in [-0.25, -0.2) is 4.98 Å². The fraction of sp³-hybridized carbons (Fsp3) is 0.0446. The lowest BCUT2D eigenvalue weighted by Crippen LogP contribution is -2.42. The molecule has 0 fully saturated rings. The fourth-order valence-corrected chi connectivity index (χ4v) is 18.6. The van der Waals surface area contributed by atoms with E-state index in [9.17, 15) is 0 Å². The summed E-state index contributed by atoms with van der Waals surface area (Å²) in [5.41, 5.74) is 30.0. The molecule has 22 rings (SSSR count). The summed E-state index contributed by atoms with van der Waals surface area (Å²) in [5, 5.41) is 9.74. The van der Waals surface area contributed by atoms with Gasteiger partial charge in [0.25, 0.3) is 0 Å². The van der Waals surface area contributed by atoms with Crippen LogP contribution in [-0.4, -0.2) is 21.0 Å². The van der Waals surface area contributed by atoms with Crippen LogP contribution < -0.4 is 9.64 Å². The third-order valence-electron chi connectivity index (χ3n) is 24.4. The summed E-state index contributed by atoms with van der Waals surface area (Å²) in [4.78, 5) is 19.5. The minimum atomic E-state index is -0.285. The van der Waals surface area contributed by atoms with E-state index in [2.05, 4.69) is 425 Å². The van der Waals surface area contributed by atoms with Crippen LogP contribution in [0.5, 0.6) is 5.75 Å². The molecular weight excluding hydrogens is 1420 g/mol. The number of aromatic nitrogens is 3. The van der Waals surface area contributed by atoms with E-state index in [0.29, 0.717) is 24.0 Å². The van der Waals surface area contributed by atoms with Gasteiger partial charge in [0.15, 0.2) is 17.4 Å². The maximum atomic E-state index is 7.10. The van der Waals surface area contributed by atoms with Gasteiger partial charge >= 0.3 is 0 Å². The lowest BCUT2D eigenvalue weighted by Gasteiger charge is -2.42. The number of hydrogen-bond donors (Lipinski definition) is 0. The molecule has 5 nitrogen and oxygen atoms in total. The number of rotatable bonds is 13. The van der Waals surface area contributed by atoms with Gasteiger partial charge < -0.3 is 4.74 Å². The Morgan fingerprint density at radius 2 is 0.564 bits per heavy atom. The highest BCUT2D eigenvalue weighted by Gasteiger charge is 2.46. The van der Waals surface area contributed by atoms with Gasteiger partial charge in [-0.3, -0.25) is 4.90 Å². The highest BCUT2D eigenvalue weighted by atomic mass is 16.5.